The average molecular weight is 510 g/mol. The van der Waals surface area contributed by atoms with Gasteiger partial charge in [0, 0.05) is 19.3 Å². The van der Waals surface area contributed by atoms with Crippen LogP contribution in [0.25, 0.3) is 0 Å². The van der Waals surface area contributed by atoms with Crippen molar-refractivity contribution in [2.45, 2.75) is 49.6 Å². The topological polar surface area (TPSA) is 83.1 Å². The number of aromatic nitrogens is 2. The molecule has 1 amide bonds. The fourth-order valence-corrected chi connectivity index (χ4v) is 4.91. The second-order valence-corrected chi connectivity index (χ2v) is 11.0. The number of hydrogen-bond acceptors (Lipinski definition) is 4. The fourth-order valence-electron chi connectivity index (χ4n) is 4.02. The summed E-state index contributed by atoms with van der Waals surface area (Å²) in [5, 5.41) is -0.970. The lowest BCUT2D eigenvalue weighted by Gasteiger charge is -2.30. The van der Waals surface area contributed by atoms with Crippen LogP contribution in [0.5, 0.6) is 0 Å². The Morgan fingerprint density at radius 1 is 1.11 bits per heavy atom. The number of hydrogen-bond donors (Lipinski definition) is 1. The molecule has 1 aliphatic heterocycles. The predicted molar refractivity (Wildman–Crippen MR) is 120 cm³/mol. The molecule has 1 aliphatic rings. The Kier molecular flexibility index (Phi) is 6.48. The highest BCUT2D eigenvalue weighted by atomic mass is 32.2. The Bertz CT molecular complexity index is 1350. The molecule has 1 atom stereocenters. The molecule has 1 aromatic heterocycles. The third-order valence-electron chi connectivity index (χ3n) is 6.06. The zero-order valence-corrected chi connectivity index (χ0v) is 19.8. The molecule has 0 saturated carbocycles. The Morgan fingerprint density at radius 2 is 1.80 bits per heavy atom. The predicted octanol–water partition coefficient (Wildman–Crippen LogP) is 4.87. The van der Waals surface area contributed by atoms with Gasteiger partial charge in [-0.25, -0.2) is 17.8 Å². The SMILES string of the molecule is CC(C)S(=O)(=O)c1nc(C(=O)N2CCc3c(cccc3C(F)c3ccc(C(F)(F)F)cc3)C2)c[nH]1. The first-order chi connectivity index (χ1) is 16.4. The van der Waals surface area contributed by atoms with Crippen LogP contribution in [-0.2, 0) is 29.0 Å². The van der Waals surface area contributed by atoms with Gasteiger partial charge in [-0.05, 0) is 54.7 Å². The second-order valence-electron chi connectivity index (χ2n) is 8.63. The molecule has 35 heavy (non-hydrogen) atoms. The minimum absolute atomic E-state index is 0.0306. The van der Waals surface area contributed by atoms with E-state index in [-0.39, 0.29) is 29.5 Å². The summed E-state index contributed by atoms with van der Waals surface area (Å²) in [5.41, 5.74) is 0.994. The molecule has 2 heterocycles. The number of sulfone groups is 1. The Labute approximate surface area is 199 Å². The van der Waals surface area contributed by atoms with Crippen LogP contribution < -0.4 is 0 Å². The lowest BCUT2D eigenvalue weighted by atomic mass is 9.89. The van der Waals surface area contributed by atoms with Crippen molar-refractivity contribution in [1.82, 2.24) is 14.9 Å². The van der Waals surface area contributed by atoms with E-state index in [0.29, 0.717) is 23.1 Å². The summed E-state index contributed by atoms with van der Waals surface area (Å²) < 4.78 is 78.4. The van der Waals surface area contributed by atoms with Crippen molar-refractivity contribution < 1.29 is 30.8 Å². The molecule has 2 aromatic carbocycles. The number of imidazole rings is 1. The van der Waals surface area contributed by atoms with Gasteiger partial charge in [-0.2, -0.15) is 13.2 Å². The van der Waals surface area contributed by atoms with E-state index >= 15 is 4.39 Å². The molecule has 1 unspecified atom stereocenters. The number of aromatic amines is 1. The molecule has 0 saturated heterocycles. The number of nitrogens with zero attached hydrogens (tertiary/aromatic N) is 2. The zero-order valence-electron chi connectivity index (χ0n) is 18.9. The number of fused-ring (bicyclic) bond motifs is 1. The molecule has 0 fully saturated rings. The van der Waals surface area contributed by atoms with E-state index in [1.165, 1.54) is 24.9 Å². The van der Waals surface area contributed by atoms with Crippen molar-refractivity contribution in [3.05, 3.63) is 82.2 Å². The van der Waals surface area contributed by atoms with Crippen LogP contribution in [0.3, 0.4) is 0 Å². The number of nitrogens with one attached hydrogen (secondary N) is 1. The maximum absolute atomic E-state index is 15.4. The highest BCUT2D eigenvalue weighted by Crippen LogP contribution is 2.35. The molecule has 0 radical (unpaired) electrons. The van der Waals surface area contributed by atoms with E-state index in [4.69, 9.17) is 0 Å². The van der Waals surface area contributed by atoms with Gasteiger partial charge in [0.05, 0.1) is 10.8 Å². The highest BCUT2D eigenvalue weighted by Gasteiger charge is 2.32. The van der Waals surface area contributed by atoms with E-state index in [0.717, 1.165) is 24.3 Å². The fraction of sp³-hybridized carbons (Fsp3) is 0.333. The van der Waals surface area contributed by atoms with E-state index in [1.807, 2.05) is 0 Å². The second kappa shape index (κ2) is 9.10. The summed E-state index contributed by atoms with van der Waals surface area (Å²) in [5.74, 6) is -0.456. The van der Waals surface area contributed by atoms with E-state index in [9.17, 15) is 26.4 Å². The van der Waals surface area contributed by atoms with Gasteiger partial charge in [0.15, 0.2) is 6.17 Å². The number of benzene rings is 2. The van der Waals surface area contributed by atoms with Gasteiger partial charge in [-0.15, -0.1) is 0 Å². The van der Waals surface area contributed by atoms with Gasteiger partial charge in [-0.1, -0.05) is 30.3 Å². The number of carbonyl (C=O) groups is 1. The van der Waals surface area contributed by atoms with Crippen LogP contribution in [-0.4, -0.2) is 41.0 Å². The summed E-state index contributed by atoms with van der Waals surface area (Å²) >= 11 is 0. The van der Waals surface area contributed by atoms with Crippen LogP contribution in [0.2, 0.25) is 0 Å². The van der Waals surface area contributed by atoms with Crippen LogP contribution in [0.1, 0.15) is 58.3 Å². The molecular weight excluding hydrogens is 486 g/mol. The number of rotatable bonds is 5. The van der Waals surface area contributed by atoms with Crippen LogP contribution in [0.4, 0.5) is 17.6 Å². The van der Waals surface area contributed by atoms with Gasteiger partial charge >= 0.3 is 6.18 Å². The van der Waals surface area contributed by atoms with Crippen molar-refractivity contribution >= 4 is 15.7 Å². The quantitative estimate of drug-likeness (QED) is 0.498. The van der Waals surface area contributed by atoms with Crippen molar-refractivity contribution in [2.75, 3.05) is 6.54 Å². The molecule has 0 spiro atoms. The van der Waals surface area contributed by atoms with E-state index < -0.39 is 38.9 Å². The number of amides is 1. The normalized spacial score (nSPS) is 15.2. The first kappa shape index (κ1) is 24.9. The first-order valence-corrected chi connectivity index (χ1v) is 12.4. The summed E-state index contributed by atoms with van der Waals surface area (Å²) in [6.45, 7) is 3.45. The Balaban J connectivity index is 1.54. The smallest absolute Gasteiger partial charge is 0.335 e. The molecule has 11 heteroatoms. The van der Waals surface area contributed by atoms with E-state index in [1.54, 1.807) is 18.2 Å². The molecule has 3 aromatic rings. The van der Waals surface area contributed by atoms with Crippen LogP contribution in [0, 0.1) is 0 Å². The molecule has 0 bridgehead atoms. The van der Waals surface area contributed by atoms with Crippen molar-refractivity contribution in [3.63, 3.8) is 0 Å². The van der Waals surface area contributed by atoms with Gasteiger partial charge in [0.1, 0.15) is 5.69 Å². The van der Waals surface area contributed by atoms with Gasteiger partial charge in [0.2, 0.25) is 15.0 Å². The highest BCUT2D eigenvalue weighted by molar-refractivity contribution is 7.91. The maximum atomic E-state index is 15.4. The number of H-pyrrole nitrogens is 1. The molecule has 6 nitrogen and oxygen atoms in total. The van der Waals surface area contributed by atoms with Gasteiger partial charge in [0.25, 0.3) is 5.91 Å². The first-order valence-electron chi connectivity index (χ1n) is 10.9. The molecule has 186 valence electrons. The standard InChI is InChI=1S/C24H23F4N3O3S/c1-14(2)35(33,34)23-29-12-20(30-23)22(32)31-11-10-18-16(13-31)4-3-5-19(18)21(25)15-6-8-17(9-7-15)24(26,27)28/h3-9,12,14,21H,10-11,13H2,1-2H3,(H,29,30). The molecule has 4 rings (SSSR count). The van der Waals surface area contributed by atoms with Crippen molar-refractivity contribution in [3.8, 4) is 0 Å². The molecule has 1 N–H and O–H groups in total. The number of halogens is 4. The van der Waals surface area contributed by atoms with Crippen LogP contribution >= 0.6 is 0 Å². The van der Waals surface area contributed by atoms with Crippen LogP contribution in [0.15, 0.2) is 53.8 Å². The Morgan fingerprint density at radius 3 is 2.43 bits per heavy atom. The molecule has 0 aliphatic carbocycles. The summed E-state index contributed by atoms with van der Waals surface area (Å²) in [6.07, 6.45) is -4.53. The minimum Gasteiger partial charge on any atom is -0.335 e. The Hall–Kier alpha value is -3.21. The van der Waals surface area contributed by atoms with E-state index in [2.05, 4.69) is 9.97 Å². The third-order valence-corrected chi connectivity index (χ3v) is 8.05. The summed E-state index contributed by atoms with van der Waals surface area (Å²) in [4.78, 5) is 21.0. The third kappa shape index (κ3) is 4.82. The number of alkyl halides is 4. The maximum Gasteiger partial charge on any atom is 0.416 e. The van der Waals surface area contributed by atoms with Crippen molar-refractivity contribution in [2.24, 2.45) is 0 Å². The monoisotopic (exact) mass is 509 g/mol. The number of carbonyl (C=O) groups excluding carboxylic acids is 1. The van der Waals surface area contributed by atoms with Gasteiger partial charge < -0.3 is 9.88 Å². The van der Waals surface area contributed by atoms with Gasteiger partial charge in [-0.3, -0.25) is 4.79 Å². The minimum atomic E-state index is -4.50. The lowest BCUT2D eigenvalue weighted by molar-refractivity contribution is -0.137. The zero-order chi connectivity index (χ0) is 25.5. The summed E-state index contributed by atoms with van der Waals surface area (Å²) in [7, 11) is -3.66. The molecular formula is C24H23F4N3O3S. The lowest BCUT2D eigenvalue weighted by Crippen LogP contribution is -2.36. The average Bonchev–Trinajstić information content (AvgIpc) is 3.33. The summed E-state index contributed by atoms with van der Waals surface area (Å²) in [6, 6.07) is 8.97. The van der Waals surface area contributed by atoms with Crippen molar-refractivity contribution in [1.29, 1.82) is 0 Å². The largest absolute Gasteiger partial charge is 0.416 e.